The van der Waals surface area contributed by atoms with Crippen molar-refractivity contribution in [2.75, 3.05) is 24.8 Å². The van der Waals surface area contributed by atoms with Crippen LogP contribution in [0.15, 0.2) is 77.7 Å². The van der Waals surface area contributed by atoms with Crippen LogP contribution in [0.3, 0.4) is 0 Å². The Bertz CT molecular complexity index is 1230. The zero-order valence-corrected chi connectivity index (χ0v) is 18.2. The third kappa shape index (κ3) is 4.78. The molecule has 7 nitrogen and oxygen atoms in total. The fourth-order valence-corrected chi connectivity index (χ4v) is 3.71. The molecule has 0 saturated heterocycles. The number of benzene rings is 2. The van der Waals surface area contributed by atoms with Gasteiger partial charge in [-0.3, -0.25) is 19.3 Å². The van der Waals surface area contributed by atoms with E-state index in [9.17, 15) is 23.5 Å². The third-order valence-corrected chi connectivity index (χ3v) is 5.39. The summed E-state index contributed by atoms with van der Waals surface area (Å²) >= 11 is 0. The minimum atomic E-state index is -1.09. The topological polar surface area (TPSA) is 75.0 Å². The third-order valence-electron chi connectivity index (χ3n) is 5.39. The minimum Gasteiger partial charge on any atom is -0.502 e. The molecule has 1 aromatic heterocycles. The second-order valence-corrected chi connectivity index (χ2v) is 7.67. The van der Waals surface area contributed by atoms with Crippen LogP contribution >= 0.6 is 0 Å². The quantitative estimate of drug-likeness (QED) is 0.513. The fraction of sp³-hybridized carbons (Fsp3) is 0.200. The van der Waals surface area contributed by atoms with Crippen LogP contribution in [0, 0.1) is 11.6 Å². The molecular formula is C25H23F2N3O4. The van der Waals surface area contributed by atoms with Crippen LogP contribution in [0.2, 0.25) is 0 Å². The molecule has 34 heavy (non-hydrogen) atoms. The molecular weight excluding hydrogens is 444 g/mol. The van der Waals surface area contributed by atoms with Gasteiger partial charge in [0, 0.05) is 24.4 Å². The van der Waals surface area contributed by atoms with E-state index in [1.54, 1.807) is 17.2 Å². The highest BCUT2D eigenvalue weighted by Crippen LogP contribution is 2.28. The van der Waals surface area contributed by atoms with Gasteiger partial charge in [-0.2, -0.15) is 4.39 Å². The summed E-state index contributed by atoms with van der Waals surface area (Å²) < 4.78 is 34.8. The van der Waals surface area contributed by atoms with Gasteiger partial charge >= 0.3 is 0 Å². The maximum Gasteiger partial charge on any atom is 0.277 e. The van der Waals surface area contributed by atoms with E-state index in [-0.39, 0.29) is 31.3 Å². The van der Waals surface area contributed by atoms with Crippen molar-refractivity contribution in [1.29, 1.82) is 0 Å². The Balaban J connectivity index is 0.000000398. The van der Waals surface area contributed by atoms with Crippen LogP contribution in [0.5, 0.6) is 11.5 Å². The average molecular weight is 467 g/mol. The highest BCUT2D eigenvalue weighted by atomic mass is 19.2. The summed E-state index contributed by atoms with van der Waals surface area (Å²) in [6.45, 7) is 0.625. The van der Waals surface area contributed by atoms with Gasteiger partial charge in [0.15, 0.2) is 23.0 Å². The first-order valence-corrected chi connectivity index (χ1v) is 10.7. The Kier molecular flexibility index (Phi) is 6.91. The van der Waals surface area contributed by atoms with Crippen molar-refractivity contribution in [3.63, 3.8) is 0 Å². The van der Waals surface area contributed by atoms with E-state index < -0.39 is 28.7 Å². The number of aromatic nitrogens is 1. The largest absolute Gasteiger partial charge is 0.502 e. The molecule has 5 rings (SSSR count). The van der Waals surface area contributed by atoms with Crippen LogP contribution in [0.1, 0.15) is 22.5 Å². The normalized spacial score (nSPS) is 16.0. The lowest BCUT2D eigenvalue weighted by molar-refractivity contribution is 0.0688. The Morgan fingerprint density at radius 3 is 2.35 bits per heavy atom. The molecule has 2 bridgehead atoms. The van der Waals surface area contributed by atoms with E-state index in [4.69, 9.17) is 4.74 Å². The van der Waals surface area contributed by atoms with E-state index in [0.717, 1.165) is 12.1 Å². The highest BCUT2D eigenvalue weighted by Gasteiger charge is 2.32. The number of pyridine rings is 1. The number of ether oxygens (including phenoxy) is 1. The van der Waals surface area contributed by atoms with Crippen molar-refractivity contribution >= 4 is 5.91 Å². The van der Waals surface area contributed by atoms with Gasteiger partial charge in [-0.15, -0.1) is 0 Å². The average Bonchev–Trinajstić information content (AvgIpc) is 2.85. The van der Waals surface area contributed by atoms with E-state index in [0.29, 0.717) is 18.5 Å². The van der Waals surface area contributed by atoms with Gasteiger partial charge in [0.25, 0.3) is 5.91 Å². The summed E-state index contributed by atoms with van der Waals surface area (Å²) in [5.41, 5.74) is -0.463. The molecule has 9 heteroatoms. The van der Waals surface area contributed by atoms with Crippen molar-refractivity contribution in [2.45, 2.75) is 13.0 Å². The van der Waals surface area contributed by atoms with Crippen LogP contribution < -0.4 is 15.2 Å². The van der Waals surface area contributed by atoms with Gasteiger partial charge < -0.3 is 14.7 Å². The predicted molar refractivity (Wildman–Crippen MR) is 122 cm³/mol. The zero-order valence-electron chi connectivity index (χ0n) is 18.2. The second kappa shape index (κ2) is 10.2. The number of carbonyl (C=O) groups is 1. The summed E-state index contributed by atoms with van der Waals surface area (Å²) in [5, 5.41) is 11.8. The summed E-state index contributed by atoms with van der Waals surface area (Å²) in [7, 11) is 0. The predicted octanol–water partition coefficient (Wildman–Crippen LogP) is 3.41. The monoisotopic (exact) mass is 467 g/mol. The lowest BCUT2D eigenvalue weighted by atomic mass is 10.1. The summed E-state index contributed by atoms with van der Waals surface area (Å²) in [4.78, 5) is 26.1. The summed E-state index contributed by atoms with van der Waals surface area (Å²) in [6.07, 6.45) is 5.30. The van der Waals surface area contributed by atoms with Crippen LogP contribution in [-0.2, 0) is 6.54 Å². The van der Waals surface area contributed by atoms with E-state index in [1.165, 1.54) is 21.8 Å². The smallest absolute Gasteiger partial charge is 0.277 e. The summed E-state index contributed by atoms with van der Waals surface area (Å²) in [5.74, 6) is -3.44. The molecule has 0 aliphatic carbocycles. The molecule has 1 amide bonds. The van der Waals surface area contributed by atoms with Gasteiger partial charge in [-0.05, 0) is 12.5 Å². The van der Waals surface area contributed by atoms with Gasteiger partial charge in [-0.1, -0.05) is 54.6 Å². The van der Waals surface area contributed by atoms with Crippen molar-refractivity contribution in [1.82, 2.24) is 9.58 Å². The van der Waals surface area contributed by atoms with Crippen molar-refractivity contribution in [2.24, 2.45) is 0 Å². The minimum absolute atomic E-state index is 0.0609. The molecule has 0 fully saturated rings. The Morgan fingerprint density at radius 2 is 1.65 bits per heavy atom. The zero-order chi connectivity index (χ0) is 24.1. The van der Waals surface area contributed by atoms with E-state index >= 15 is 0 Å². The standard InChI is InChI=1S/C19H17F2N3O4.C6H6/c20-13-5-4-12-10-23-11-22(7-2-1-3-9-28-18(12)15(13)21)19(27)16-17(26)14(25)6-8-24(16)23;1-2-4-6-5-3-1/h1,3-6,8,26H,2,7,9-11H2;1-6H/b3-1-;. The highest BCUT2D eigenvalue weighted by molar-refractivity contribution is 5.96. The molecule has 3 aromatic rings. The lowest BCUT2D eigenvalue weighted by Gasteiger charge is -2.39. The SMILES string of the molecule is O=C1c2c(O)c(=O)ccn2N2Cc3ccc(F)c(F)c3OC/C=C\CCN1C2.c1ccccc1. The number of aromatic hydroxyl groups is 1. The van der Waals surface area contributed by atoms with Crippen molar-refractivity contribution in [3.05, 3.63) is 106 Å². The number of nitrogens with zero attached hydrogens (tertiary/aromatic N) is 3. The number of hydrogen-bond acceptors (Lipinski definition) is 5. The first-order valence-electron chi connectivity index (χ1n) is 10.7. The van der Waals surface area contributed by atoms with Gasteiger partial charge in [0.1, 0.15) is 13.3 Å². The Hall–Kier alpha value is -4.14. The Morgan fingerprint density at radius 1 is 0.941 bits per heavy atom. The molecule has 0 radical (unpaired) electrons. The molecule has 2 aliphatic rings. The first kappa shape index (κ1) is 23.0. The maximum atomic E-state index is 14.3. The number of hydrogen-bond donors (Lipinski definition) is 1. The molecule has 0 spiro atoms. The number of carbonyl (C=O) groups excluding carboxylic acids is 1. The number of halogens is 2. The molecule has 0 atom stereocenters. The van der Waals surface area contributed by atoms with Gasteiger partial charge in [-0.25, -0.2) is 4.39 Å². The van der Waals surface area contributed by atoms with Gasteiger partial charge in [0.05, 0.1) is 6.54 Å². The number of rotatable bonds is 0. The van der Waals surface area contributed by atoms with Crippen LogP contribution in [0.25, 0.3) is 0 Å². The first-order chi connectivity index (χ1) is 16.5. The molecule has 0 unspecified atom stereocenters. The second-order valence-electron chi connectivity index (χ2n) is 7.67. The van der Waals surface area contributed by atoms with Crippen molar-refractivity contribution in [3.8, 4) is 11.5 Å². The number of amides is 1. The molecule has 2 aliphatic heterocycles. The lowest BCUT2D eigenvalue weighted by Crippen LogP contribution is -2.53. The fourth-order valence-electron chi connectivity index (χ4n) is 3.71. The molecule has 2 aromatic carbocycles. The molecule has 1 N–H and O–H groups in total. The Labute approximate surface area is 194 Å². The molecule has 3 heterocycles. The van der Waals surface area contributed by atoms with Crippen LogP contribution in [-0.4, -0.2) is 40.4 Å². The molecule has 176 valence electrons. The van der Waals surface area contributed by atoms with Crippen LogP contribution in [0.4, 0.5) is 8.78 Å². The van der Waals surface area contributed by atoms with E-state index in [2.05, 4.69) is 0 Å². The number of fused-ring (bicyclic) bond motifs is 5. The van der Waals surface area contributed by atoms with E-state index in [1.807, 2.05) is 36.4 Å². The summed E-state index contributed by atoms with van der Waals surface area (Å²) in [6, 6.07) is 15.6. The van der Waals surface area contributed by atoms with Crippen molar-refractivity contribution < 1.29 is 23.4 Å². The molecule has 0 saturated carbocycles. The maximum absolute atomic E-state index is 14.3. The van der Waals surface area contributed by atoms with Gasteiger partial charge in [0.2, 0.25) is 11.2 Å².